The number of aromatic nitrogens is 3. The molecule has 5 nitrogen and oxygen atoms in total. The third-order valence-electron chi connectivity index (χ3n) is 3.70. The van der Waals surface area contributed by atoms with E-state index in [-0.39, 0.29) is 11.9 Å². The van der Waals surface area contributed by atoms with E-state index in [9.17, 15) is 4.79 Å². The summed E-state index contributed by atoms with van der Waals surface area (Å²) in [6.45, 7) is 2.45. The monoisotopic (exact) mass is 314 g/mol. The summed E-state index contributed by atoms with van der Waals surface area (Å²) in [6, 6.07) is 6.06. The fourth-order valence-electron chi connectivity index (χ4n) is 2.41. The molecule has 1 atom stereocenters. The molecule has 0 spiro atoms. The molecule has 0 unspecified atom stereocenters. The molecule has 0 saturated carbocycles. The van der Waals surface area contributed by atoms with Crippen LogP contribution < -0.4 is 5.32 Å². The third kappa shape index (κ3) is 3.28. The van der Waals surface area contributed by atoms with E-state index in [0.29, 0.717) is 13.0 Å². The van der Waals surface area contributed by atoms with Crippen molar-refractivity contribution in [1.29, 1.82) is 0 Å². The average molecular weight is 314 g/mol. The van der Waals surface area contributed by atoms with Crippen LogP contribution in [0.2, 0.25) is 0 Å². The van der Waals surface area contributed by atoms with Gasteiger partial charge in [-0.1, -0.05) is 0 Å². The molecule has 2 N–H and O–H groups in total. The Bertz CT molecular complexity index is 681. The molecular formula is C16H18N4OS. The molecule has 3 rings (SSSR count). The Labute approximate surface area is 133 Å². The van der Waals surface area contributed by atoms with Gasteiger partial charge in [0.15, 0.2) is 0 Å². The molecular weight excluding hydrogens is 296 g/mol. The van der Waals surface area contributed by atoms with Crippen molar-refractivity contribution in [2.24, 2.45) is 0 Å². The van der Waals surface area contributed by atoms with Crippen molar-refractivity contribution in [3.05, 3.63) is 64.4 Å². The highest BCUT2D eigenvalue weighted by molar-refractivity contribution is 7.07. The van der Waals surface area contributed by atoms with Gasteiger partial charge in [-0.15, -0.1) is 0 Å². The molecule has 3 heterocycles. The quantitative estimate of drug-likeness (QED) is 0.735. The standard InChI is InChI=1S/C16H18N4OS/c1-12-14(10-18-19-12)9-17-16(21)8-15(13-4-7-22-11-13)20-5-2-3-6-20/h2-7,10-11,15H,8-9H2,1H3,(H,17,21)(H,18,19)/t15-/m0/s1. The van der Waals surface area contributed by atoms with Crippen LogP contribution in [0, 0.1) is 6.92 Å². The number of carbonyl (C=O) groups excluding carboxylic acids is 1. The zero-order valence-electron chi connectivity index (χ0n) is 12.3. The van der Waals surface area contributed by atoms with Gasteiger partial charge in [-0.2, -0.15) is 16.4 Å². The van der Waals surface area contributed by atoms with Crippen LogP contribution in [0.1, 0.15) is 29.3 Å². The molecule has 0 aromatic carbocycles. The second-order valence-corrected chi connectivity index (χ2v) is 5.98. The zero-order chi connectivity index (χ0) is 15.4. The van der Waals surface area contributed by atoms with Gasteiger partial charge in [-0.05, 0) is 41.4 Å². The largest absolute Gasteiger partial charge is 0.352 e. The summed E-state index contributed by atoms with van der Waals surface area (Å²) in [7, 11) is 0. The average Bonchev–Trinajstić information content (AvgIpc) is 3.25. The summed E-state index contributed by atoms with van der Waals surface area (Å²) in [6.07, 6.45) is 6.16. The molecule has 1 amide bonds. The van der Waals surface area contributed by atoms with Crippen molar-refractivity contribution in [1.82, 2.24) is 20.1 Å². The molecule has 0 bridgehead atoms. The van der Waals surface area contributed by atoms with E-state index in [0.717, 1.165) is 16.8 Å². The minimum Gasteiger partial charge on any atom is -0.352 e. The zero-order valence-corrected chi connectivity index (χ0v) is 13.1. The minimum absolute atomic E-state index is 0.0329. The first-order valence-electron chi connectivity index (χ1n) is 7.14. The Morgan fingerprint density at radius 2 is 2.27 bits per heavy atom. The van der Waals surface area contributed by atoms with Crippen molar-refractivity contribution in [3.8, 4) is 0 Å². The van der Waals surface area contributed by atoms with E-state index in [1.807, 2.05) is 36.8 Å². The Morgan fingerprint density at radius 1 is 1.45 bits per heavy atom. The predicted molar refractivity (Wildman–Crippen MR) is 86.7 cm³/mol. The molecule has 22 heavy (non-hydrogen) atoms. The van der Waals surface area contributed by atoms with Gasteiger partial charge in [0.05, 0.1) is 18.7 Å². The number of aromatic amines is 1. The summed E-state index contributed by atoms with van der Waals surface area (Å²) in [5.74, 6) is 0.0329. The van der Waals surface area contributed by atoms with Crippen molar-refractivity contribution in [2.75, 3.05) is 0 Å². The van der Waals surface area contributed by atoms with E-state index in [2.05, 4.69) is 31.5 Å². The van der Waals surface area contributed by atoms with Crippen LogP contribution in [0.3, 0.4) is 0 Å². The summed E-state index contributed by atoms with van der Waals surface area (Å²) in [5.41, 5.74) is 3.16. The SMILES string of the molecule is Cc1[nH]ncc1CNC(=O)C[C@@H](c1ccsc1)n1cccc1. The molecule has 3 aromatic heterocycles. The van der Waals surface area contributed by atoms with Crippen LogP contribution in [0.15, 0.2) is 47.5 Å². The number of amides is 1. The van der Waals surface area contributed by atoms with Gasteiger partial charge in [-0.25, -0.2) is 0 Å². The second kappa shape index (κ2) is 6.62. The van der Waals surface area contributed by atoms with Gasteiger partial charge in [0.1, 0.15) is 0 Å². The van der Waals surface area contributed by atoms with Crippen LogP contribution in [-0.4, -0.2) is 20.7 Å². The fourth-order valence-corrected chi connectivity index (χ4v) is 3.12. The molecule has 0 aliphatic rings. The summed E-state index contributed by atoms with van der Waals surface area (Å²) >= 11 is 1.65. The number of nitrogens with zero attached hydrogens (tertiary/aromatic N) is 2. The Morgan fingerprint density at radius 3 is 2.91 bits per heavy atom. The first-order chi connectivity index (χ1) is 10.7. The van der Waals surface area contributed by atoms with Gasteiger partial charge >= 0.3 is 0 Å². The van der Waals surface area contributed by atoms with Crippen LogP contribution in [0.25, 0.3) is 0 Å². The van der Waals surface area contributed by atoms with Crippen molar-refractivity contribution < 1.29 is 4.79 Å². The first kappa shape index (κ1) is 14.6. The van der Waals surface area contributed by atoms with Crippen molar-refractivity contribution >= 4 is 17.2 Å². The van der Waals surface area contributed by atoms with E-state index >= 15 is 0 Å². The van der Waals surface area contributed by atoms with E-state index in [1.54, 1.807) is 17.5 Å². The van der Waals surface area contributed by atoms with Gasteiger partial charge in [0.2, 0.25) is 5.91 Å². The van der Waals surface area contributed by atoms with Crippen LogP contribution in [-0.2, 0) is 11.3 Å². The lowest BCUT2D eigenvalue weighted by Crippen LogP contribution is -2.26. The number of carbonyl (C=O) groups is 1. The highest BCUT2D eigenvalue weighted by Gasteiger charge is 2.17. The van der Waals surface area contributed by atoms with Gasteiger partial charge < -0.3 is 9.88 Å². The lowest BCUT2D eigenvalue weighted by atomic mass is 10.1. The summed E-state index contributed by atoms with van der Waals surface area (Å²) < 4.78 is 2.07. The van der Waals surface area contributed by atoms with Gasteiger partial charge in [0.25, 0.3) is 0 Å². The minimum atomic E-state index is 0.0329. The molecule has 0 saturated heterocycles. The maximum atomic E-state index is 12.3. The van der Waals surface area contributed by atoms with Gasteiger partial charge in [-0.3, -0.25) is 9.89 Å². The number of hydrogen-bond donors (Lipinski definition) is 2. The van der Waals surface area contributed by atoms with E-state index in [4.69, 9.17) is 0 Å². The third-order valence-corrected chi connectivity index (χ3v) is 4.41. The fraction of sp³-hybridized carbons (Fsp3) is 0.250. The number of thiophene rings is 1. The predicted octanol–water partition coefficient (Wildman–Crippen LogP) is 2.88. The molecule has 0 radical (unpaired) electrons. The lowest BCUT2D eigenvalue weighted by molar-refractivity contribution is -0.121. The number of H-pyrrole nitrogens is 1. The topological polar surface area (TPSA) is 62.7 Å². The number of rotatable bonds is 6. The summed E-state index contributed by atoms with van der Waals surface area (Å²) in [4.78, 5) is 12.3. The van der Waals surface area contributed by atoms with Crippen molar-refractivity contribution in [3.63, 3.8) is 0 Å². The van der Waals surface area contributed by atoms with Crippen LogP contribution in [0.5, 0.6) is 0 Å². The van der Waals surface area contributed by atoms with Crippen molar-refractivity contribution in [2.45, 2.75) is 25.9 Å². The normalized spacial score (nSPS) is 12.2. The smallest absolute Gasteiger partial charge is 0.222 e. The Kier molecular flexibility index (Phi) is 4.39. The van der Waals surface area contributed by atoms with E-state index in [1.165, 1.54) is 0 Å². The number of hydrogen-bond acceptors (Lipinski definition) is 3. The molecule has 0 aliphatic carbocycles. The first-order valence-corrected chi connectivity index (χ1v) is 8.08. The Hall–Kier alpha value is -2.34. The van der Waals surface area contributed by atoms with Gasteiger partial charge in [0, 0.05) is 30.2 Å². The molecule has 0 fully saturated rings. The Balaban J connectivity index is 1.66. The summed E-state index contributed by atoms with van der Waals surface area (Å²) in [5, 5.41) is 13.9. The van der Waals surface area contributed by atoms with Crippen LogP contribution in [0.4, 0.5) is 0 Å². The highest BCUT2D eigenvalue weighted by atomic mass is 32.1. The molecule has 6 heteroatoms. The molecule has 0 aliphatic heterocycles. The molecule has 114 valence electrons. The highest BCUT2D eigenvalue weighted by Crippen LogP contribution is 2.24. The van der Waals surface area contributed by atoms with Crippen LogP contribution >= 0.6 is 11.3 Å². The van der Waals surface area contributed by atoms with E-state index < -0.39 is 0 Å². The maximum absolute atomic E-state index is 12.3. The number of aryl methyl sites for hydroxylation is 1. The molecule has 3 aromatic rings. The maximum Gasteiger partial charge on any atom is 0.222 e. The second-order valence-electron chi connectivity index (χ2n) is 5.20. The lowest BCUT2D eigenvalue weighted by Gasteiger charge is -2.18. The number of nitrogens with one attached hydrogen (secondary N) is 2.